The summed E-state index contributed by atoms with van der Waals surface area (Å²) >= 11 is 0. The first-order valence-corrected chi connectivity index (χ1v) is 6.25. The lowest BCUT2D eigenvalue weighted by Gasteiger charge is -2.22. The number of benzene rings is 1. The van der Waals surface area contributed by atoms with Crippen molar-refractivity contribution in [3.8, 4) is 0 Å². The molecule has 2 N–H and O–H groups in total. The Morgan fingerprint density at radius 2 is 1.94 bits per heavy atom. The van der Waals surface area contributed by atoms with Crippen LogP contribution in [-0.4, -0.2) is 17.7 Å². The van der Waals surface area contributed by atoms with E-state index < -0.39 is 0 Å². The van der Waals surface area contributed by atoms with Crippen molar-refractivity contribution in [3.63, 3.8) is 0 Å². The number of hydrogen-bond acceptors (Lipinski definition) is 2. The molecule has 3 nitrogen and oxygen atoms in total. The van der Waals surface area contributed by atoms with Gasteiger partial charge in [0, 0.05) is 37.8 Å². The lowest BCUT2D eigenvalue weighted by molar-refractivity contribution is 0.833. The molecular formula is C14H21N3. The lowest BCUT2D eigenvalue weighted by Crippen LogP contribution is -2.22. The molecule has 0 fully saturated rings. The number of rotatable bonds is 4. The first-order chi connectivity index (χ1) is 8.22. The van der Waals surface area contributed by atoms with Gasteiger partial charge in [-0.3, -0.25) is 0 Å². The van der Waals surface area contributed by atoms with Crippen LogP contribution in [0.25, 0.3) is 10.9 Å². The summed E-state index contributed by atoms with van der Waals surface area (Å²) in [7, 11) is 2.09. The smallest absolute Gasteiger partial charge is 0.0718 e. The van der Waals surface area contributed by atoms with E-state index in [4.69, 9.17) is 5.73 Å². The van der Waals surface area contributed by atoms with Crippen LogP contribution >= 0.6 is 0 Å². The molecule has 0 bridgehead atoms. The largest absolute Gasteiger partial charge is 0.370 e. The van der Waals surface area contributed by atoms with E-state index in [1.54, 1.807) is 0 Å². The first-order valence-electron chi connectivity index (χ1n) is 6.25. The fraction of sp³-hybridized carbons (Fsp3) is 0.429. The van der Waals surface area contributed by atoms with Gasteiger partial charge in [0.15, 0.2) is 0 Å². The Labute approximate surface area is 103 Å². The molecule has 1 aromatic heterocycles. The van der Waals surface area contributed by atoms with Gasteiger partial charge in [0.1, 0.15) is 0 Å². The molecule has 0 amide bonds. The summed E-state index contributed by atoms with van der Waals surface area (Å²) in [6, 6.07) is 8.65. The van der Waals surface area contributed by atoms with E-state index in [-0.39, 0.29) is 0 Å². The van der Waals surface area contributed by atoms with Gasteiger partial charge < -0.3 is 15.2 Å². The van der Waals surface area contributed by atoms with Crippen LogP contribution in [0.4, 0.5) is 5.69 Å². The van der Waals surface area contributed by atoms with Gasteiger partial charge in [-0.15, -0.1) is 0 Å². The molecule has 0 radical (unpaired) electrons. The van der Waals surface area contributed by atoms with Crippen LogP contribution in [-0.2, 0) is 13.6 Å². The monoisotopic (exact) mass is 231 g/mol. The molecule has 17 heavy (non-hydrogen) atoms. The Balaban J connectivity index is 2.67. The number of aryl methyl sites for hydroxylation is 1. The van der Waals surface area contributed by atoms with E-state index in [1.165, 1.54) is 22.3 Å². The van der Waals surface area contributed by atoms with Crippen LogP contribution in [0.2, 0.25) is 0 Å². The molecule has 0 unspecified atom stereocenters. The van der Waals surface area contributed by atoms with Crippen LogP contribution in [0.3, 0.4) is 0 Å². The van der Waals surface area contributed by atoms with Crippen molar-refractivity contribution in [2.24, 2.45) is 12.8 Å². The van der Waals surface area contributed by atoms with Gasteiger partial charge in [-0.2, -0.15) is 0 Å². The summed E-state index contributed by atoms with van der Waals surface area (Å²) in [5.74, 6) is 0. The Bertz CT molecular complexity index is 509. The number of anilines is 1. The number of para-hydroxylation sites is 1. The predicted octanol–water partition coefficient (Wildman–Crippen LogP) is 2.48. The van der Waals surface area contributed by atoms with E-state index in [0.717, 1.165) is 13.1 Å². The lowest BCUT2D eigenvalue weighted by atomic mass is 10.2. The van der Waals surface area contributed by atoms with Crippen molar-refractivity contribution in [3.05, 3.63) is 30.0 Å². The second kappa shape index (κ2) is 4.80. The zero-order chi connectivity index (χ0) is 12.4. The molecule has 1 aromatic carbocycles. The summed E-state index contributed by atoms with van der Waals surface area (Å²) in [5, 5.41) is 1.28. The number of hydrogen-bond donors (Lipinski definition) is 1. The van der Waals surface area contributed by atoms with Crippen LogP contribution in [0, 0.1) is 0 Å². The third-order valence-corrected chi connectivity index (χ3v) is 3.45. The molecular weight excluding hydrogens is 210 g/mol. The Hall–Kier alpha value is -1.48. The normalized spacial score (nSPS) is 11.1. The van der Waals surface area contributed by atoms with Gasteiger partial charge >= 0.3 is 0 Å². The van der Waals surface area contributed by atoms with Crippen LogP contribution < -0.4 is 10.6 Å². The zero-order valence-corrected chi connectivity index (χ0v) is 10.9. The summed E-state index contributed by atoms with van der Waals surface area (Å²) in [5.41, 5.74) is 9.54. The van der Waals surface area contributed by atoms with E-state index >= 15 is 0 Å². The molecule has 92 valence electrons. The van der Waals surface area contributed by atoms with Crippen molar-refractivity contribution in [2.45, 2.75) is 20.4 Å². The molecule has 0 atom stereocenters. The topological polar surface area (TPSA) is 34.2 Å². The molecule has 0 aliphatic rings. The van der Waals surface area contributed by atoms with Gasteiger partial charge in [0.2, 0.25) is 0 Å². The third kappa shape index (κ3) is 1.91. The minimum absolute atomic E-state index is 0.586. The van der Waals surface area contributed by atoms with E-state index in [0.29, 0.717) is 6.54 Å². The van der Waals surface area contributed by atoms with E-state index in [9.17, 15) is 0 Å². The standard InChI is InChI=1S/C14H21N3/c1-4-17(5-2)13-8-6-7-11-9-12(10-15)16(3)14(11)13/h6-9H,4-5,10,15H2,1-3H3. The zero-order valence-electron chi connectivity index (χ0n) is 10.9. The van der Waals surface area contributed by atoms with Crippen LogP contribution in [0.1, 0.15) is 19.5 Å². The molecule has 2 rings (SSSR count). The summed E-state index contributed by atoms with van der Waals surface area (Å²) in [6.07, 6.45) is 0. The highest BCUT2D eigenvalue weighted by Gasteiger charge is 2.11. The number of nitrogens with zero attached hydrogens (tertiary/aromatic N) is 2. The maximum Gasteiger partial charge on any atom is 0.0718 e. The van der Waals surface area contributed by atoms with Crippen molar-refractivity contribution >= 4 is 16.6 Å². The second-order valence-electron chi connectivity index (χ2n) is 4.29. The number of aromatic nitrogens is 1. The minimum Gasteiger partial charge on any atom is -0.370 e. The highest BCUT2D eigenvalue weighted by atomic mass is 15.1. The van der Waals surface area contributed by atoms with Crippen molar-refractivity contribution in [1.82, 2.24) is 4.57 Å². The summed E-state index contributed by atoms with van der Waals surface area (Å²) in [4.78, 5) is 2.38. The Morgan fingerprint density at radius 1 is 1.24 bits per heavy atom. The first kappa shape index (κ1) is 12.0. The highest BCUT2D eigenvalue weighted by Crippen LogP contribution is 2.28. The Kier molecular flexibility index (Phi) is 3.38. The minimum atomic E-state index is 0.586. The van der Waals surface area contributed by atoms with E-state index in [1.807, 2.05) is 0 Å². The average Bonchev–Trinajstić information content (AvgIpc) is 2.68. The number of fused-ring (bicyclic) bond motifs is 1. The van der Waals surface area contributed by atoms with Crippen LogP contribution in [0.5, 0.6) is 0 Å². The SMILES string of the molecule is CCN(CC)c1cccc2cc(CN)n(C)c12. The predicted molar refractivity (Wildman–Crippen MR) is 74.4 cm³/mol. The van der Waals surface area contributed by atoms with Gasteiger partial charge in [0.05, 0.1) is 11.2 Å². The molecule has 1 heterocycles. The Morgan fingerprint density at radius 3 is 2.53 bits per heavy atom. The molecule has 2 aromatic rings. The molecule has 0 aliphatic carbocycles. The number of nitrogens with two attached hydrogens (primary N) is 1. The van der Waals surface area contributed by atoms with Gasteiger partial charge in [-0.1, -0.05) is 12.1 Å². The maximum atomic E-state index is 5.77. The average molecular weight is 231 g/mol. The molecule has 3 heteroatoms. The van der Waals surface area contributed by atoms with Crippen LogP contribution in [0.15, 0.2) is 24.3 Å². The molecule has 0 saturated carbocycles. The van der Waals surface area contributed by atoms with Gasteiger partial charge in [-0.05, 0) is 26.0 Å². The maximum absolute atomic E-state index is 5.77. The van der Waals surface area contributed by atoms with Crippen molar-refractivity contribution in [2.75, 3.05) is 18.0 Å². The van der Waals surface area contributed by atoms with Crippen molar-refractivity contribution in [1.29, 1.82) is 0 Å². The van der Waals surface area contributed by atoms with Gasteiger partial charge in [-0.25, -0.2) is 0 Å². The van der Waals surface area contributed by atoms with E-state index in [2.05, 4.69) is 54.6 Å². The molecule has 0 saturated heterocycles. The fourth-order valence-corrected chi connectivity index (χ4v) is 2.47. The molecule has 0 aliphatic heterocycles. The molecule has 0 spiro atoms. The summed E-state index contributed by atoms with van der Waals surface area (Å²) < 4.78 is 2.21. The highest BCUT2D eigenvalue weighted by molar-refractivity contribution is 5.93. The quantitative estimate of drug-likeness (QED) is 0.877. The van der Waals surface area contributed by atoms with Crippen molar-refractivity contribution < 1.29 is 0 Å². The fourth-order valence-electron chi connectivity index (χ4n) is 2.47. The third-order valence-electron chi connectivity index (χ3n) is 3.45. The van der Waals surface area contributed by atoms with Gasteiger partial charge in [0.25, 0.3) is 0 Å². The second-order valence-corrected chi connectivity index (χ2v) is 4.29. The summed E-state index contributed by atoms with van der Waals surface area (Å²) in [6.45, 7) is 7.02.